The molecule has 2 rings (SSSR count). The Bertz CT molecular complexity index is 971. The Hall–Kier alpha value is -3.64. The fourth-order valence-corrected chi connectivity index (χ4v) is 2.73. The number of nitrogens with one attached hydrogen (secondary N) is 3. The fourth-order valence-electron chi connectivity index (χ4n) is 2.60. The summed E-state index contributed by atoms with van der Waals surface area (Å²) in [7, 11) is 0. The number of aromatic nitrogens is 2. The van der Waals surface area contributed by atoms with E-state index in [4.69, 9.17) is 43.7 Å². The monoisotopic (exact) mass is 478 g/mol. The van der Waals surface area contributed by atoms with Gasteiger partial charge in [-0.3, -0.25) is 15.5 Å². The van der Waals surface area contributed by atoms with Gasteiger partial charge in [0.2, 0.25) is 0 Å². The van der Waals surface area contributed by atoms with Gasteiger partial charge in [-0.05, 0) is 37.0 Å². The van der Waals surface area contributed by atoms with Crippen LogP contribution in [0.2, 0.25) is 5.15 Å². The molecule has 0 saturated carbocycles. The maximum Gasteiger partial charge on any atom is 0.344 e. The molecule has 0 unspecified atom stereocenters. The van der Waals surface area contributed by atoms with Crippen LogP contribution in [0, 0.1) is 5.41 Å². The lowest BCUT2D eigenvalue weighted by atomic mass is 10.1. The summed E-state index contributed by atoms with van der Waals surface area (Å²) in [5.74, 6) is -1.06. The van der Waals surface area contributed by atoms with Crippen molar-refractivity contribution < 1.29 is 19.1 Å². The molecule has 0 aliphatic rings. The zero-order valence-corrected chi connectivity index (χ0v) is 18.7. The number of hydrogen-bond acceptors (Lipinski definition) is 10. The predicted molar refractivity (Wildman–Crippen MR) is 124 cm³/mol. The minimum Gasteiger partial charge on any atom is -0.482 e. The van der Waals surface area contributed by atoms with Crippen molar-refractivity contribution in [2.45, 2.75) is 19.3 Å². The van der Waals surface area contributed by atoms with Crippen molar-refractivity contribution in [3.8, 4) is 5.75 Å². The van der Waals surface area contributed by atoms with Crippen LogP contribution in [0.25, 0.3) is 0 Å². The van der Waals surface area contributed by atoms with Gasteiger partial charge in [-0.1, -0.05) is 23.7 Å². The highest BCUT2D eigenvalue weighted by Crippen LogP contribution is 2.17. The van der Waals surface area contributed by atoms with Gasteiger partial charge in [0, 0.05) is 13.1 Å². The van der Waals surface area contributed by atoms with Crippen LogP contribution in [0.4, 0.5) is 11.6 Å². The van der Waals surface area contributed by atoms with E-state index in [-0.39, 0.29) is 48.2 Å². The molecule has 1 aromatic carbocycles. The zero-order valence-electron chi connectivity index (χ0n) is 17.9. The summed E-state index contributed by atoms with van der Waals surface area (Å²) in [6.45, 7) is 0.754. The number of rotatable bonds is 11. The number of unbranched alkanes of at least 4 members (excludes halogenated alkanes) is 1. The highest BCUT2D eigenvalue weighted by Gasteiger charge is 2.16. The van der Waals surface area contributed by atoms with E-state index in [0.717, 1.165) is 24.8 Å². The van der Waals surface area contributed by atoms with Gasteiger partial charge in [-0.15, -0.1) is 0 Å². The molecule has 0 fully saturated rings. The quantitative estimate of drug-likeness (QED) is 0.114. The summed E-state index contributed by atoms with van der Waals surface area (Å²) in [6, 6.07) is 7.40. The van der Waals surface area contributed by atoms with Crippen LogP contribution < -0.4 is 32.6 Å². The lowest BCUT2D eigenvalue weighted by molar-refractivity contribution is -0.145. The van der Waals surface area contributed by atoms with Crippen molar-refractivity contribution in [1.29, 1.82) is 5.41 Å². The SMILES string of the molecule is N=C(NCCCCc1ccc(OCC(=O)OCCN)cc1)NC(=O)c1nc(Cl)c(N)nc1N. The third-order valence-corrected chi connectivity index (χ3v) is 4.49. The van der Waals surface area contributed by atoms with Crippen molar-refractivity contribution in [3.05, 3.63) is 40.7 Å². The number of esters is 1. The number of anilines is 2. The Labute approximate surface area is 195 Å². The minimum absolute atomic E-state index is 0.0795. The van der Waals surface area contributed by atoms with Crippen LogP contribution in [0.15, 0.2) is 24.3 Å². The lowest BCUT2D eigenvalue weighted by Crippen LogP contribution is -2.41. The topological polar surface area (TPSA) is 204 Å². The van der Waals surface area contributed by atoms with Gasteiger partial charge in [0.05, 0.1) is 0 Å². The Morgan fingerprint density at radius 1 is 1.09 bits per heavy atom. The zero-order chi connectivity index (χ0) is 24.2. The van der Waals surface area contributed by atoms with E-state index in [1.807, 2.05) is 12.1 Å². The van der Waals surface area contributed by atoms with Gasteiger partial charge in [0.1, 0.15) is 12.4 Å². The number of carbonyl (C=O) groups excluding carboxylic acids is 2. The third kappa shape index (κ3) is 8.79. The van der Waals surface area contributed by atoms with Gasteiger partial charge in [0.25, 0.3) is 5.91 Å². The maximum atomic E-state index is 12.2. The summed E-state index contributed by atoms with van der Waals surface area (Å²) in [4.78, 5) is 31.1. The van der Waals surface area contributed by atoms with E-state index in [0.29, 0.717) is 12.3 Å². The Balaban J connectivity index is 1.65. The molecule has 0 spiro atoms. The maximum absolute atomic E-state index is 12.2. The van der Waals surface area contributed by atoms with E-state index >= 15 is 0 Å². The van der Waals surface area contributed by atoms with E-state index < -0.39 is 11.9 Å². The molecular formula is C20H27ClN8O4. The molecule has 1 aromatic heterocycles. The van der Waals surface area contributed by atoms with Crippen LogP contribution >= 0.6 is 11.6 Å². The second-order valence-electron chi connectivity index (χ2n) is 6.79. The van der Waals surface area contributed by atoms with E-state index in [1.165, 1.54) is 0 Å². The number of halogens is 1. The number of nitrogen functional groups attached to an aromatic ring is 2. The summed E-state index contributed by atoms with van der Waals surface area (Å²) >= 11 is 5.76. The van der Waals surface area contributed by atoms with Gasteiger partial charge >= 0.3 is 5.97 Å². The van der Waals surface area contributed by atoms with Gasteiger partial charge in [-0.2, -0.15) is 0 Å². The van der Waals surface area contributed by atoms with Gasteiger partial charge in [-0.25, -0.2) is 14.8 Å². The molecule has 0 aliphatic carbocycles. The van der Waals surface area contributed by atoms with Crippen molar-refractivity contribution >= 4 is 41.1 Å². The summed E-state index contributed by atoms with van der Waals surface area (Å²) in [6.07, 6.45) is 2.43. The first-order valence-corrected chi connectivity index (χ1v) is 10.5. The summed E-state index contributed by atoms with van der Waals surface area (Å²) in [5.41, 5.74) is 17.3. The van der Waals surface area contributed by atoms with Crippen molar-refractivity contribution in [3.63, 3.8) is 0 Å². The van der Waals surface area contributed by atoms with Crippen molar-refractivity contribution in [2.24, 2.45) is 5.73 Å². The molecule has 0 bridgehead atoms. The summed E-state index contributed by atoms with van der Waals surface area (Å²) in [5, 5.41) is 12.8. The minimum atomic E-state index is -0.714. The van der Waals surface area contributed by atoms with Crippen LogP contribution in [0.1, 0.15) is 28.9 Å². The smallest absolute Gasteiger partial charge is 0.344 e. The number of aryl methyl sites for hydroxylation is 1. The molecule has 0 saturated heterocycles. The average Bonchev–Trinajstić information content (AvgIpc) is 2.79. The average molecular weight is 479 g/mol. The first-order valence-electron chi connectivity index (χ1n) is 10.1. The molecule has 0 aliphatic heterocycles. The molecule has 13 heteroatoms. The number of nitrogens with zero attached hydrogens (tertiary/aromatic N) is 2. The van der Waals surface area contributed by atoms with E-state index in [2.05, 4.69) is 20.6 Å². The summed E-state index contributed by atoms with van der Waals surface area (Å²) < 4.78 is 10.2. The number of ether oxygens (including phenoxy) is 2. The number of amides is 1. The van der Waals surface area contributed by atoms with Crippen molar-refractivity contribution in [1.82, 2.24) is 20.6 Å². The highest BCUT2D eigenvalue weighted by atomic mass is 35.5. The number of carbonyl (C=O) groups is 2. The largest absolute Gasteiger partial charge is 0.482 e. The van der Waals surface area contributed by atoms with Crippen molar-refractivity contribution in [2.75, 3.05) is 37.8 Å². The van der Waals surface area contributed by atoms with Crippen LogP contribution in [0.5, 0.6) is 5.75 Å². The second kappa shape index (κ2) is 13.0. The Morgan fingerprint density at radius 2 is 1.82 bits per heavy atom. The third-order valence-electron chi connectivity index (χ3n) is 4.21. The lowest BCUT2D eigenvalue weighted by Gasteiger charge is -2.10. The molecule has 1 amide bonds. The Morgan fingerprint density at radius 3 is 2.52 bits per heavy atom. The highest BCUT2D eigenvalue weighted by molar-refractivity contribution is 6.31. The second-order valence-corrected chi connectivity index (χ2v) is 7.15. The van der Waals surface area contributed by atoms with Crippen LogP contribution in [-0.4, -0.2) is 54.1 Å². The molecule has 2 aromatic rings. The van der Waals surface area contributed by atoms with E-state index in [9.17, 15) is 9.59 Å². The fraction of sp³-hybridized carbons (Fsp3) is 0.350. The molecule has 12 nitrogen and oxygen atoms in total. The molecule has 178 valence electrons. The number of nitrogens with two attached hydrogens (primary N) is 3. The molecule has 33 heavy (non-hydrogen) atoms. The number of guanidine groups is 1. The van der Waals surface area contributed by atoms with E-state index in [1.54, 1.807) is 12.1 Å². The number of hydrogen-bond donors (Lipinski definition) is 6. The molecule has 0 radical (unpaired) electrons. The molecule has 1 heterocycles. The van der Waals surface area contributed by atoms with Crippen LogP contribution in [0.3, 0.4) is 0 Å². The molecule has 0 atom stereocenters. The first-order chi connectivity index (χ1) is 15.8. The molecule has 9 N–H and O–H groups in total. The first kappa shape index (κ1) is 25.6. The van der Waals surface area contributed by atoms with Crippen LogP contribution in [-0.2, 0) is 16.0 Å². The van der Waals surface area contributed by atoms with Gasteiger partial charge in [0.15, 0.2) is 35.0 Å². The predicted octanol–water partition coefficient (Wildman–Crippen LogP) is 0.452. The molecular weight excluding hydrogens is 452 g/mol. The Kier molecular flexibility index (Phi) is 10.1. The standard InChI is InChI=1S/C20H27ClN8O4/c21-16-18(24)28-17(23)15(27-16)19(31)29-20(25)26-9-2-1-3-12-4-6-13(7-5-12)33-11-14(30)32-10-8-22/h4-7H,1-3,8-11,22H2,(H4,23,24,28)(H3,25,26,29,31). The normalized spacial score (nSPS) is 10.4. The number of benzene rings is 1. The van der Waals surface area contributed by atoms with Gasteiger partial charge < -0.3 is 32.0 Å².